The van der Waals surface area contributed by atoms with Crippen LogP contribution in [-0.4, -0.2) is 34.3 Å². The molecule has 6 nitrogen and oxygen atoms in total. The predicted octanol–water partition coefficient (Wildman–Crippen LogP) is 4.17. The van der Waals surface area contributed by atoms with Gasteiger partial charge in [0.25, 0.3) is 0 Å². The van der Waals surface area contributed by atoms with Crippen molar-refractivity contribution in [2.45, 2.75) is 58.0 Å². The minimum Gasteiger partial charge on any atom is -0.356 e. The van der Waals surface area contributed by atoms with Gasteiger partial charge in [-0.2, -0.15) is 0 Å². The topological polar surface area (TPSA) is 67.1 Å². The van der Waals surface area contributed by atoms with Crippen LogP contribution in [0.15, 0.2) is 23.2 Å². The van der Waals surface area contributed by atoms with Gasteiger partial charge in [-0.15, -0.1) is 10.2 Å². The highest BCUT2D eigenvalue weighted by Crippen LogP contribution is 2.26. The number of hydrogen-bond donors (Lipinski definition) is 2. The summed E-state index contributed by atoms with van der Waals surface area (Å²) < 4.78 is 2.31. The van der Waals surface area contributed by atoms with E-state index in [4.69, 9.17) is 23.2 Å². The number of aryl methyl sites for hydroxylation is 2. The Bertz CT molecular complexity index is 817. The molecule has 1 aromatic heterocycles. The zero-order valence-corrected chi connectivity index (χ0v) is 18.0. The Labute approximate surface area is 176 Å². The minimum atomic E-state index is 0.0169. The molecule has 0 bridgehead atoms. The first-order valence-electron chi connectivity index (χ1n) is 9.91. The normalized spacial score (nSPS) is 15.6. The summed E-state index contributed by atoms with van der Waals surface area (Å²) in [6, 6.07) is 5.56. The Hall–Kier alpha value is -1.79. The van der Waals surface area contributed by atoms with Crippen LogP contribution < -0.4 is 10.6 Å². The maximum atomic E-state index is 6.30. The molecule has 2 aromatic rings. The summed E-state index contributed by atoms with van der Waals surface area (Å²) in [7, 11) is 1.77. The molecule has 1 unspecified atom stereocenters. The number of nitrogens with zero attached hydrogens (tertiary/aromatic N) is 4. The van der Waals surface area contributed by atoms with E-state index in [2.05, 4.69) is 30.4 Å². The highest BCUT2D eigenvalue weighted by Gasteiger charge is 2.15. The number of nitrogens with one attached hydrogen (secondary N) is 2. The zero-order valence-electron chi connectivity index (χ0n) is 16.5. The summed E-state index contributed by atoms with van der Waals surface area (Å²) in [5, 5.41) is 16.8. The lowest BCUT2D eigenvalue weighted by atomic mass is 10.1. The molecule has 0 spiro atoms. The van der Waals surface area contributed by atoms with Gasteiger partial charge in [-0.1, -0.05) is 35.7 Å². The quantitative estimate of drug-likeness (QED) is 0.416. The van der Waals surface area contributed by atoms with Crippen LogP contribution in [0.25, 0.3) is 0 Å². The second kappa shape index (κ2) is 10.1. The van der Waals surface area contributed by atoms with Crippen molar-refractivity contribution in [2.24, 2.45) is 4.99 Å². The lowest BCUT2D eigenvalue weighted by Crippen LogP contribution is -2.39. The first-order valence-corrected chi connectivity index (χ1v) is 10.7. The third-order valence-corrected chi connectivity index (χ3v) is 5.62. The van der Waals surface area contributed by atoms with Crippen molar-refractivity contribution in [3.8, 4) is 0 Å². The molecule has 1 aliphatic heterocycles. The summed E-state index contributed by atoms with van der Waals surface area (Å²) in [5.74, 6) is 2.99. The molecule has 1 atom stereocenters. The van der Waals surface area contributed by atoms with E-state index >= 15 is 0 Å². The molecule has 152 valence electrons. The number of aromatic nitrogens is 3. The molecule has 1 aromatic carbocycles. The third-order valence-electron chi connectivity index (χ3n) is 5.06. The van der Waals surface area contributed by atoms with Gasteiger partial charge in [0.2, 0.25) is 0 Å². The lowest BCUT2D eigenvalue weighted by molar-refractivity contribution is 0.592. The largest absolute Gasteiger partial charge is 0.356 e. The fourth-order valence-corrected chi connectivity index (χ4v) is 4.09. The van der Waals surface area contributed by atoms with E-state index in [0.717, 1.165) is 55.5 Å². The average molecular weight is 423 g/mol. The van der Waals surface area contributed by atoms with Crippen LogP contribution in [0.3, 0.4) is 0 Å². The van der Waals surface area contributed by atoms with E-state index in [-0.39, 0.29) is 6.04 Å². The van der Waals surface area contributed by atoms with Crippen molar-refractivity contribution < 1.29 is 0 Å². The first-order chi connectivity index (χ1) is 13.6. The number of benzene rings is 1. The van der Waals surface area contributed by atoms with E-state index in [0.29, 0.717) is 10.0 Å². The second-order valence-corrected chi connectivity index (χ2v) is 7.97. The molecule has 2 heterocycles. The van der Waals surface area contributed by atoms with Crippen LogP contribution in [-0.2, 0) is 19.4 Å². The van der Waals surface area contributed by atoms with Crippen molar-refractivity contribution in [3.05, 3.63) is 45.5 Å². The summed E-state index contributed by atoms with van der Waals surface area (Å²) >= 11 is 12.3. The second-order valence-electron chi connectivity index (χ2n) is 7.13. The van der Waals surface area contributed by atoms with Gasteiger partial charge in [0.1, 0.15) is 11.6 Å². The molecule has 0 saturated carbocycles. The van der Waals surface area contributed by atoms with Gasteiger partial charge in [-0.05, 0) is 43.9 Å². The van der Waals surface area contributed by atoms with Crippen molar-refractivity contribution in [3.63, 3.8) is 0 Å². The Morgan fingerprint density at radius 1 is 1.25 bits per heavy atom. The molecular formula is C20H28Cl2N6. The van der Waals surface area contributed by atoms with Crippen LogP contribution in [0.2, 0.25) is 10.0 Å². The molecule has 2 N–H and O–H groups in total. The molecule has 0 radical (unpaired) electrons. The van der Waals surface area contributed by atoms with Gasteiger partial charge >= 0.3 is 0 Å². The summed E-state index contributed by atoms with van der Waals surface area (Å²) in [5.41, 5.74) is 0.986. The number of fused-ring (bicyclic) bond motifs is 1. The Kier molecular flexibility index (Phi) is 7.57. The van der Waals surface area contributed by atoms with Crippen molar-refractivity contribution in [1.82, 2.24) is 25.4 Å². The zero-order chi connectivity index (χ0) is 19.9. The van der Waals surface area contributed by atoms with Gasteiger partial charge in [0, 0.05) is 43.0 Å². The van der Waals surface area contributed by atoms with Gasteiger partial charge in [0.15, 0.2) is 5.96 Å². The Balaban J connectivity index is 1.48. The lowest BCUT2D eigenvalue weighted by Gasteiger charge is -2.19. The first kappa shape index (κ1) is 20.9. The maximum Gasteiger partial charge on any atom is 0.191 e. The molecule has 0 fully saturated rings. The van der Waals surface area contributed by atoms with Gasteiger partial charge in [0.05, 0.1) is 6.04 Å². The van der Waals surface area contributed by atoms with Crippen LogP contribution >= 0.6 is 23.2 Å². The predicted molar refractivity (Wildman–Crippen MR) is 115 cm³/mol. The number of hydrogen-bond acceptors (Lipinski definition) is 3. The molecule has 1 aliphatic rings. The van der Waals surface area contributed by atoms with Gasteiger partial charge in [-0.3, -0.25) is 4.99 Å². The van der Waals surface area contributed by atoms with E-state index in [1.165, 1.54) is 19.3 Å². The third kappa shape index (κ3) is 5.39. The van der Waals surface area contributed by atoms with E-state index in [9.17, 15) is 0 Å². The number of rotatable bonds is 6. The average Bonchev–Trinajstić information content (AvgIpc) is 2.90. The molecule has 0 amide bonds. The van der Waals surface area contributed by atoms with Crippen molar-refractivity contribution in [2.75, 3.05) is 13.6 Å². The highest BCUT2D eigenvalue weighted by molar-refractivity contribution is 6.35. The Morgan fingerprint density at radius 2 is 2.11 bits per heavy atom. The number of halogens is 2. The molecular weight excluding hydrogens is 395 g/mol. The van der Waals surface area contributed by atoms with Crippen LogP contribution in [0.1, 0.15) is 55.9 Å². The molecule has 3 rings (SSSR count). The van der Waals surface area contributed by atoms with E-state index < -0.39 is 0 Å². The number of aliphatic imine (C=N–C) groups is 1. The molecule has 28 heavy (non-hydrogen) atoms. The highest BCUT2D eigenvalue weighted by atomic mass is 35.5. The summed E-state index contributed by atoms with van der Waals surface area (Å²) in [6.45, 7) is 3.91. The molecule has 0 saturated heterocycles. The standard InChI is InChI=1S/C20H28Cl2N6/c1-14(16-10-9-15(21)13-17(16)22)25-20(23-2)24-11-6-8-19-27-26-18-7-4-3-5-12-28(18)19/h9-10,13-14H,3-8,11-12H2,1-2H3,(H2,23,24,25). The van der Waals surface area contributed by atoms with Gasteiger partial charge < -0.3 is 15.2 Å². The fourth-order valence-electron chi connectivity index (χ4n) is 3.51. The van der Waals surface area contributed by atoms with E-state index in [1.807, 2.05) is 19.1 Å². The summed E-state index contributed by atoms with van der Waals surface area (Å²) in [4.78, 5) is 4.31. The van der Waals surface area contributed by atoms with E-state index in [1.54, 1.807) is 13.1 Å². The maximum absolute atomic E-state index is 6.30. The molecule has 8 heteroatoms. The fraction of sp³-hybridized carbons (Fsp3) is 0.550. The van der Waals surface area contributed by atoms with Crippen molar-refractivity contribution in [1.29, 1.82) is 0 Å². The van der Waals surface area contributed by atoms with Crippen LogP contribution in [0, 0.1) is 0 Å². The van der Waals surface area contributed by atoms with Crippen LogP contribution in [0.4, 0.5) is 0 Å². The Morgan fingerprint density at radius 3 is 2.89 bits per heavy atom. The SMILES string of the molecule is CN=C(NCCCc1nnc2n1CCCCC2)NC(C)c1ccc(Cl)cc1Cl. The number of guanidine groups is 1. The monoisotopic (exact) mass is 422 g/mol. The molecule has 0 aliphatic carbocycles. The smallest absolute Gasteiger partial charge is 0.191 e. The van der Waals surface area contributed by atoms with Gasteiger partial charge in [-0.25, -0.2) is 0 Å². The summed E-state index contributed by atoms with van der Waals surface area (Å²) in [6.07, 6.45) is 6.65. The van der Waals surface area contributed by atoms with Crippen LogP contribution in [0.5, 0.6) is 0 Å². The van der Waals surface area contributed by atoms with Crippen molar-refractivity contribution >= 4 is 29.2 Å². The minimum absolute atomic E-state index is 0.0169.